The maximum absolute atomic E-state index is 13.4. The summed E-state index contributed by atoms with van der Waals surface area (Å²) in [6.07, 6.45) is 1.22. The van der Waals surface area contributed by atoms with Crippen molar-refractivity contribution < 1.29 is 23.9 Å². The summed E-state index contributed by atoms with van der Waals surface area (Å²) in [5.41, 5.74) is 0.0258. The van der Waals surface area contributed by atoms with Gasteiger partial charge in [0.15, 0.2) is 6.73 Å². The van der Waals surface area contributed by atoms with Crippen molar-refractivity contribution in [3.63, 3.8) is 0 Å². The van der Waals surface area contributed by atoms with Gasteiger partial charge in [0.1, 0.15) is 11.6 Å². The highest BCUT2D eigenvalue weighted by Crippen LogP contribution is 2.13. The maximum Gasteiger partial charge on any atom is 0.407 e. The van der Waals surface area contributed by atoms with Crippen LogP contribution in [0.4, 0.5) is 4.79 Å². The van der Waals surface area contributed by atoms with Gasteiger partial charge in [0.05, 0.1) is 6.54 Å². The van der Waals surface area contributed by atoms with E-state index < -0.39 is 42.0 Å². The average Bonchev–Trinajstić information content (AvgIpc) is 3.22. The number of nitrogens with zero attached hydrogens (tertiary/aromatic N) is 4. The number of carbonyl (C=O) groups excluding carboxylic acids is 3. The van der Waals surface area contributed by atoms with Crippen LogP contribution in [0.5, 0.6) is 0 Å². The lowest BCUT2D eigenvalue weighted by molar-refractivity contribution is -0.153. The summed E-state index contributed by atoms with van der Waals surface area (Å²) in [7, 11) is 3.51. The zero-order valence-electron chi connectivity index (χ0n) is 25.3. The summed E-state index contributed by atoms with van der Waals surface area (Å²) in [5, 5.41) is 3.73. The van der Waals surface area contributed by atoms with Gasteiger partial charge in [-0.25, -0.2) is 18.1 Å². The number of amides is 2. The largest absolute Gasteiger partial charge is 0.444 e. The lowest BCUT2D eigenvalue weighted by Gasteiger charge is -2.22. The molecular formula is C30H37Cl2N5O6S. The number of hydrogen-bond acceptors (Lipinski definition) is 8. The Morgan fingerprint density at radius 2 is 1.61 bits per heavy atom. The summed E-state index contributed by atoms with van der Waals surface area (Å²) in [4.78, 5) is 57.3. The van der Waals surface area contributed by atoms with E-state index in [1.165, 1.54) is 16.1 Å². The zero-order chi connectivity index (χ0) is 32.4. The molecule has 0 fully saturated rings. The van der Waals surface area contributed by atoms with Gasteiger partial charge in [-0.3, -0.25) is 14.5 Å². The fourth-order valence-corrected chi connectivity index (χ4v) is 5.16. The molecule has 1 unspecified atom stereocenters. The highest BCUT2D eigenvalue weighted by atomic mass is 35.5. The van der Waals surface area contributed by atoms with Gasteiger partial charge in [0.25, 0.3) is 5.91 Å². The molecule has 0 radical (unpaired) electrons. The number of rotatable bonds is 12. The van der Waals surface area contributed by atoms with Crippen molar-refractivity contribution in [2.75, 3.05) is 20.6 Å². The molecular weight excluding hydrogens is 629 g/mol. The number of hydrogen-bond donors (Lipinski definition) is 1. The van der Waals surface area contributed by atoms with Gasteiger partial charge in [-0.15, -0.1) is 0 Å². The SMILES string of the molecule is CN(C)C(CCCCNC(=O)OC(C)(C)C)C(=O)OCn1c(=NC(=O)c2ccc(Cl)cc2)sn(Cc2ccc(Cl)cc2)c1=O. The van der Waals surface area contributed by atoms with Crippen LogP contribution in [0.25, 0.3) is 0 Å². The highest BCUT2D eigenvalue weighted by Gasteiger charge is 2.23. The molecule has 44 heavy (non-hydrogen) atoms. The highest BCUT2D eigenvalue weighted by molar-refractivity contribution is 7.03. The number of likely N-dealkylation sites (N-methyl/N-ethyl adjacent to an activating group) is 1. The second kappa shape index (κ2) is 16.0. The molecule has 0 saturated heterocycles. The number of alkyl carbamates (subject to hydrolysis) is 1. The number of unbranched alkanes of at least 4 members (excludes halogenated alkanes) is 1. The molecule has 238 valence electrons. The first-order valence-corrected chi connectivity index (χ1v) is 15.5. The number of nitrogens with one attached hydrogen (secondary N) is 1. The minimum absolute atomic E-state index is 0.0753. The number of aromatic nitrogens is 2. The molecule has 0 aliphatic rings. The van der Waals surface area contributed by atoms with Crippen LogP contribution in [0.3, 0.4) is 0 Å². The van der Waals surface area contributed by atoms with E-state index in [0.29, 0.717) is 35.9 Å². The minimum atomic E-state index is -0.594. The van der Waals surface area contributed by atoms with E-state index in [0.717, 1.165) is 21.7 Å². The van der Waals surface area contributed by atoms with Crippen LogP contribution in [0, 0.1) is 0 Å². The van der Waals surface area contributed by atoms with Gasteiger partial charge in [0.2, 0.25) is 4.80 Å². The topological polar surface area (TPSA) is 124 Å². The first kappa shape index (κ1) is 35.0. The quantitative estimate of drug-likeness (QED) is 0.215. The molecule has 14 heteroatoms. The zero-order valence-corrected chi connectivity index (χ0v) is 27.7. The van der Waals surface area contributed by atoms with Crippen LogP contribution in [-0.2, 0) is 27.5 Å². The molecule has 1 N–H and O–H groups in total. The fraction of sp³-hybridized carbons (Fsp3) is 0.433. The van der Waals surface area contributed by atoms with E-state index in [-0.39, 0.29) is 16.9 Å². The van der Waals surface area contributed by atoms with Crippen LogP contribution in [0.1, 0.15) is 56.0 Å². The minimum Gasteiger partial charge on any atom is -0.444 e. The summed E-state index contributed by atoms with van der Waals surface area (Å²) >= 11 is 12.9. The molecule has 0 bridgehead atoms. The normalized spacial score (nSPS) is 12.7. The van der Waals surface area contributed by atoms with E-state index in [9.17, 15) is 19.2 Å². The summed E-state index contributed by atoms with van der Waals surface area (Å²) in [6, 6.07) is 12.6. The van der Waals surface area contributed by atoms with Crippen LogP contribution < -0.4 is 15.8 Å². The molecule has 0 aliphatic carbocycles. The van der Waals surface area contributed by atoms with Gasteiger partial charge in [-0.1, -0.05) is 35.3 Å². The Labute approximate surface area is 270 Å². The van der Waals surface area contributed by atoms with Gasteiger partial charge in [-0.2, -0.15) is 4.99 Å². The molecule has 1 aromatic heterocycles. The Morgan fingerprint density at radius 3 is 2.20 bits per heavy atom. The molecule has 2 amide bonds. The Balaban J connectivity index is 1.73. The third-order valence-electron chi connectivity index (χ3n) is 6.20. The first-order chi connectivity index (χ1) is 20.7. The van der Waals surface area contributed by atoms with Crippen LogP contribution in [0.2, 0.25) is 10.0 Å². The van der Waals surface area contributed by atoms with Crippen molar-refractivity contribution in [3.8, 4) is 0 Å². The van der Waals surface area contributed by atoms with Crippen molar-refractivity contribution in [1.82, 2.24) is 18.7 Å². The number of esters is 1. The van der Waals surface area contributed by atoms with Crippen molar-refractivity contribution in [2.24, 2.45) is 4.99 Å². The molecule has 3 rings (SSSR count). The van der Waals surface area contributed by atoms with E-state index in [1.807, 2.05) is 0 Å². The number of halogens is 2. The van der Waals surface area contributed by atoms with E-state index in [4.69, 9.17) is 32.7 Å². The molecule has 11 nitrogen and oxygen atoms in total. The van der Waals surface area contributed by atoms with Crippen LogP contribution in [0.15, 0.2) is 58.3 Å². The van der Waals surface area contributed by atoms with Crippen LogP contribution >= 0.6 is 34.7 Å². The Bertz CT molecular complexity index is 1560. The standard InChI is InChI=1S/C30H37Cl2N5O6S/c1-30(2,3)43-28(40)33-17-7-6-8-24(35(4)5)26(39)42-19-36-27(34-25(38)21-11-15-23(32)16-12-21)44-37(29(36)41)18-20-9-13-22(31)14-10-20/h9-16,24H,6-8,17-19H2,1-5H3,(H,33,40). The van der Waals surface area contributed by atoms with Gasteiger partial charge >= 0.3 is 17.8 Å². The van der Waals surface area contributed by atoms with Crippen LogP contribution in [-0.4, -0.2) is 63.7 Å². The van der Waals surface area contributed by atoms with Gasteiger partial charge in [0, 0.05) is 22.2 Å². The predicted octanol–water partition coefficient (Wildman–Crippen LogP) is 4.93. The lowest BCUT2D eigenvalue weighted by atomic mass is 10.1. The second-order valence-electron chi connectivity index (χ2n) is 11.2. The molecule has 1 atom stereocenters. The number of benzene rings is 2. The van der Waals surface area contributed by atoms with Crippen molar-refractivity contribution in [3.05, 3.63) is 85.0 Å². The third kappa shape index (κ3) is 10.9. The van der Waals surface area contributed by atoms with Crippen molar-refractivity contribution in [1.29, 1.82) is 0 Å². The predicted molar refractivity (Wildman–Crippen MR) is 170 cm³/mol. The lowest BCUT2D eigenvalue weighted by Crippen LogP contribution is -2.39. The second-order valence-corrected chi connectivity index (χ2v) is 13.0. The fourth-order valence-electron chi connectivity index (χ4n) is 3.97. The average molecular weight is 667 g/mol. The first-order valence-electron chi connectivity index (χ1n) is 13.9. The van der Waals surface area contributed by atoms with E-state index in [1.54, 1.807) is 76.2 Å². The molecule has 0 spiro atoms. The van der Waals surface area contributed by atoms with Gasteiger partial charge < -0.3 is 14.8 Å². The third-order valence-corrected chi connectivity index (χ3v) is 7.68. The molecule has 1 heterocycles. The monoisotopic (exact) mass is 665 g/mol. The smallest absolute Gasteiger partial charge is 0.407 e. The van der Waals surface area contributed by atoms with E-state index >= 15 is 0 Å². The summed E-state index contributed by atoms with van der Waals surface area (Å²) < 4.78 is 13.4. The maximum atomic E-state index is 13.4. The molecule has 0 saturated carbocycles. The summed E-state index contributed by atoms with van der Waals surface area (Å²) in [5.74, 6) is -1.11. The Kier molecular flexibility index (Phi) is 12.8. The number of carbonyl (C=O) groups is 3. The Morgan fingerprint density at radius 1 is 1.00 bits per heavy atom. The summed E-state index contributed by atoms with van der Waals surface area (Å²) in [6.45, 7) is 5.54. The number of ether oxygens (including phenoxy) is 2. The molecule has 3 aromatic rings. The van der Waals surface area contributed by atoms with Crippen molar-refractivity contribution in [2.45, 2.75) is 65.0 Å². The Hall–Kier alpha value is -3.45. The molecule has 0 aliphatic heterocycles. The van der Waals surface area contributed by atoms with Gasteiger partial charge in [-0.05, 0) is 108 Å². The van der Waals surface area contributed by atoms with Crippen molar-refractivity contribution >= 4 is 52.7 Å². The molecule has 2 aromatic carbocycles. The van der Waals surface area contributed by atoms with E-state index in [2.05, 4.69) is 10.3 Å².